The third kappa shape index (κ3) is 3.28. The van der Waals surface area contributed by atoms with Gasteiger partial charge in [-0.3, -0.25) is 4.90 Å². The Morgan fingerprint density at radius 1 is 1.69 bits per heavy atom. The predicted molar refractivity (Wildman–Crippen MR) is 67.9 cm³/mol. The minimum atomic E-state index is 0.129. The third-order valence-corrected chi connectivity index (χ3v) is 3.95. The summed E-state index contributed by atoms with van der Waals surface area (Å²) in [5, 5.41) is 2.14. The first-order valence-corrected chi connectivity index (χ1v) is 6.75. The fraction of sp³-hybridized carbons (Fsp3) is 0.667. The fourth-order valence-electron chi connectivity index (χ4n) is 1.98. The maximum atomic E-state index is 5.87. The lowest BCUT2D eigenvalue weighted by molar-refractivity contribution is -0.0371. The van der Waals surface area contributed by atoms with E-state index in [2.05, 4.69) is 22.4 Å². The summed E-state index contributed by atoms with van der Waals surface area (Å²) in [6, 6.07) is 4.45. The van der Waals surface area contributed by atoms with Crippen LogP contribution in [0.1, 0.15) is 11.8 Å². The molecule has 0 spiro atoms. The van der Waals surface area contributed by atoms with Gasteiger partial charge in [0.15, 0.2) is 0 Å². The number of rotatable bonds is 4. The molecule has 2 rings (SSSR count). The molecule has 2 N–H and O–H groups in total. The molecule has 0 radical (unpaired) electrons. The minimum Gasteiger partial charge on any atom is -0.374 e. The monoisotopic (exact) mass is 240 g/mol. The summed E-state index contributed by atoms with van der Waals surface area (Å²) in [7, 11) is 0. The first kappa shape index (κ1) is 12.0. The summed E-state index contributed by atoms with van der Waals surface area (Å²) in [5.41, 5.74) is 5.87. The highest BCUT2D eigenvalue weighted by Gasteiger charge is 2.22. The molecule has 1 saturated heterocycles. The van der Waals surface area contributed by atoms with Crippen LogP contribution in [0, 0.1) is 0 Å². The highest BCUT2D eigenvalue weighted by molar-refractivity contribution is 7.09. The van der Waals surface area contributed by atoms with Crippen LogP contribution in [0.2, 0.25) is 0 Å². The van der Waals surface area contributed by atoms with E-state index in [-0.39, 0.29) is 12.1 Å². The highest BCUT2D eigenvalue weighted by Crippen LogP contribution is 2.12. The Morgan fingerprint density at radius 2 is 2.56 bits per heavy atom. The van der Waals surface area contributed by atoms with Crippen molar-refractivity contribution in [3.63, 3.8) is 0 Å². The first-order valence-electron chi connectivity index (χ1n) is 5.87. The van der Waals surface area contributed by atoms with Crippen LogP contribution in [0.4, 0.5) is 0 Å². The molecular weight excluding hydrogens is 220 g/mol. The van der Waals surface area contributed by atoms with Crippen molar-refractivity contribution in [1.29, 1.82) is 0 Å². The van der Waals surface area contributed by atoms with Crippen molar-refractivity contribution in [2.75, 3.05) is 26.2 Å². The van der Waals surface area contributed by atoms with Crippen LogP contribution in [-0.2, 0) is 11.2 Å². The van der Waals surface area contributed by atoms with Gasteiger partial charge in [0, 0.05) is 30.6 Å². The van der Waals surface area contributed by atoms with Crippen molar-refractivity contribution in [3.05, 3.63) is 22.4 Å². The third-order valence-electron chi connectivity index (χ3n) is 3.02. The SMILES string of the molecule is CC(N)C1CN(CCc2cccs2)CCO1. The molecule has 90 valence electrons. The van der Waals surface area contributed by atoms with E-state index in [1.807, 2.05) is 18.3 Å². The van der Waals surface area contributed by atoms with Crippen LogP contribution in [0.25, 0.3) is 0 Å². The van der Waals surface area contributed by atoms with Crippen molar-refractivity contribution in [3.8, 4) is 0 Å². The Hall–Kier alpha value is -0.420. The molecule has 0 aromatic carbocycles. The highest BCUT2D eigenvalue weighted by atomic mass is 32.1. The number of nitrogens with two attached hydrogens (primary N) is 1. The van der Waals surface area contributed by atoms with Gasteiger partial charge in [0.25, 0.3) is 0 Å². The van der Waals surface area contributed by atoms with Gasteiger partial charge in [0.05, 0.1) is 12.7 Å². The summed E-state index contributed by atoms with van der Waals surface area (Å²) >= 11 is 1.84. The van der Waals surface area contributed by atoms with E-state index in [9.17, 15) is 0 Å². The molecule has 2 unspecified atom stereocenters. The largest absolute Gasteiger partial charge is 0.374 e. The van der Waals surface area contributed by atoms with Gasteiger partial charge < -0.3 is 10.5 Å². The van der Waals surface area contributed by atoms with Crippen molar-refractivity contribution < 1.29 is 4.74 Å². The molecule has 0 amide bonds. The van der Waals surface area contributed by atoms with E-state index in [4.69, 9.17) is 10.5 Å². The Bertz CT molecular complexity index is 300. The molecule has 0 bridgehead atoms. The Balaban J connectivity index is 1.77. The van der Waals surface area contributed by atoms with Gasteiger partial charge in [0.1, 0.15) is 0 Å². The van der Waals surface area contributed by atoms with Crippen LogP contribution in [0.5, 0.6) is 0 Å². The average molecular weight is 240 g/mol. The summed E-state index contributed by atoms with van der Waals surface area (Å²) in [6.07, 6.45) is 1.35. The topological polar surface area (TPSA) is 38.5 Å². The van der Waals surface area contributed by atoms with Gasteiger partial charge in [-0.2, -0.15) is 0 Å². The standard InChI is InChI=1S/C12H20N2OS/c1-10(13)12-9-14(6-7-15-12)5-4-11-3-2-8-16-11/h2-3,8,10,12H,4-7,9,13H2,1H3. The lowest BCUT2D eigenvalue weighted by Crippen LogP contribution is -2.49. The molecule has 3 nitrogen and oxygen atoms in total. The molecule has 1 aromatic heterocycles. The maximum Gasteiger partial charge on any atom is 0.0850 e. The van der Waals surface area contributed by atoms with Crippen LogP contribution in [0.15, 0.2) is 17.5 Å². The zero-order valence-corrected chi connectivity index (χ0v) is 10.6. The number of hydrogen-bond donors (Lipinski definition) is 1. The lowest BCUT2D eigenvalue weighted by Gasteiger charge is -2.34. The molecule has 1 aliphatic heterocycles. The Labute approximate surface area is 101 Å². The molecule has 16 heavy (non-hydrogen) atoms. The molecule has 1 aliphatic rings. The van der Waals surface area contributed by atoms with Crippen molar-refractivity contribution in [1.82, 2.24) is 4.90 Å². The number of nitrogens with zero attached hydrogens (tertiary/aromatic N) is 1. The normalized spacial score (nSPS) is 24.5. The zero-order chi connectivity index (χ0) is 11.4. The van der Waals surface area contributed by atoms with Crippen LogP contribution < -0.4 is 5.73 Å². The van der Waals surface area contributed by atoms with E-state index in [0.717, 1.165) is 32.7 Å². The molecular formula is C12H20N2OS. The van der Waals surface area contributed by atoms with Crippen LogP contribution >= 0.6 is 11.3 Å². The number of hydrogen-bond acceptors (Lipinski definition) is 4. The van der Waals surface area contributed by atoms with Crippen LogP contribution in [0.3, 0.4) is 0 Å². The molecule has 2 heterocycles. The Kier molecular flexibility index (Phi) is 4.35. The number of thiophene rings is 1. The summed E-state index contributed by atoms with van der Waals surface area (Å²) < 4.78 is 5.64. The fourth-order valence-corrected chi connectivity index (χ4v) is 2.67. The van der Waals surface area contributed by atoms with E-state index in [1.165, 1.54) is 4.88 Å². The predicted octanol–water partition coefficient (Wildman–Crippen LogP) is 1.34. The summed E-state index contributed by atoms with van der Waals surface area (Å²) in [4.78, 5) is 3.92. The summed E-state index contributed by atoms with van der Waals surface area (Å²) in [5.74, 6) is 0. The number of ether oxygens (including phenoxy) is 1. The quantitative estimate of drug-likeness (QED) is 0.863. The van der Waals surface area contributed by atoms with Crippen molar-refractivity contribution in [2.45, 2.75) is 25.5 Å². The Morgan fingerprint density at radius 3 is 3.25 bits per heavy atom. The second-order valence-corrected chi connectivity index (χ2v) is 5.43. The summed E-state index contributed by atoms with van der Waals surface area (Å²) in [6.45, 7) is 5.97. The molecule has 2 atom stereocenters. The van der Waals surface area contributed by atoms with E-state index in [1.54, 1.807) is 0 Å². The van der Waals surface area contributed by atoms with Gasteiger partial charge in [-0.25, -0.2) is 0 Å². The van der Waals surface area contributed by atoms with Gasteiger partial charge in [-0.15, -0.1) is 11.3 Å². The number of morpholine rings is 1. The van der Waals surface area contributed by atoms with Gasteiger partial charge in [0.2, 0.25) is 0 Å². The van der Waals surface area contributed by atoms with Crippen LogP contribution in [-0.4, -0.2) is 43.3 Å². The van der Waals surface area contributed by atoms with E-state index in [0.29, 0.717) is 0 Å². The smallest absolute Gasteiger partial charge is 0.0850 e. The second-order valence-electron chi connectivity index (χ2n) is 4.40. The van der Waals surface area contributed by atoms with E-state index < -0.39 is 0 Å². The van der Waals surface area contributed by atoms with Gasteiger partial charge in [-0.1, -0.05) is 6.07 Å². The zero-order valence-electron chi connectivity index (χ0n) is 9.76. The molecule has 0 aliphatic carbocycles. The van der Waals surface area contributed by atoms with Crippen molar-refractivity contribution in [2.24, 2.45) is 5.73 Å². The van der Waals surface area contributed by atoms with Crippen molar-refractivity contribution >= 4 is 11.3 Å². The first-order chi connectivity index (χ1) is 7.75. The molecule has 1 aromatic rings. The van der Waals surface area contributed by atoms with Gasteiger partial charge >= 0.3 is 0 Å². The minimum absolute atomic E-state index is 0.129. The molecule has 0 saturated carbocycles. The maximum absolute atomic E-state index is 5.87. The van der Waals surface area contributed by atoms with E-state index >= 15 is 0 Å². The molecule has 1 fully saturated rings. The second kappa shape index (κ2) is 5.77. The van der Waals surface area contributed by atoms with Gasteiger partial charge in [-0.05, 0) is 24.8 Å². The molecule has 4 heteroatoms. The lowest BCUT2D eigenvalue weighted by atomic mass is 10.1. The average Bonchev–Trinajstić information content (AvgIpc) is 2.79.